The summed E-state index contributed by atoms with van der Waals surface area (Å²) >= 11 is 2.99. The molecule has 0 spiro atoms. The summed E-state index contributed by atoms with van der Waals surface area (Å²) in [5.74, 6) is -2.50. The summed E-state index contributed by atoms with van der Waals surface area (Å²) < 4.78 is 33.1. The third-order valence-electron chi connectivity index (χ3n) is 3.97. The Morgan fingerprint density at radius 3 is 2.43 bits per heavy atom. The second-order valence-corrected chi connectivity index (χ2v) is 6.53. The maximum atomic E-state index is 13.8. The number of carbonyl (C=O) groups is 1. The van der Waals surface area contributed by atoms with Crippen LogP contribution in [0.15, 0.2) is 16.6 Å². The quantitative estimate of drug-likeness (QED) is 0.780. The zero-order valence-electron chi connectivity index (χ0n) is 12.8. The minimum atomic E-state index is -0.879. The van der Waals surface area contributed by atoms with Gasteiger partial charge in [0.05, 0.1) is 6.61 Å². The summed E-state index contributed by atoms with van der Waals surface area (Å²) in [5, 5.41) is 5.90. The summed E-state index contributed by atoms with van der Waals surface area (Å²) in [5.41, 5.74) is -0.748. The number of rotatable bonds is 5. The molecule has 1 saturated heterocycles. The molecule has 2 N–H and O–H groups in total. The summed E-state index contributed by atoms with van der Waals surface area (Å²) in [6.07, 6.45) is 1.68. The molecule has 0 aliphatic carbocycles. The number of hydrogen-bond donors (Lipinski definition) is 2. The van der Waals surface area contributed by atoms with Crippen molar-refractivity contribution < 1.29 is 18.3 Å². The fourth-order valence-electron chi connectivity index (χ4n) is 2.75. The topological polar surface area (TPSA) is 50.4 Å². The molecule has 1 amide bonds. The van der Waals surface area contributed by atoms with E-state index < -0.39 is 23.1 Å². The fourth-order valence-corrected chi connectivity index (χ4v) is 3.15. The highest BCUT2D eigenvalue weighted by atomic mass is 79.9. The van der Waals surface area contributed by atoms with Crippen LogP contribution in [0.2, 0.25) is 0 Å². The third-order valence-corrected chi connectivity index (χ3v) is 4.43. The first kappa shape index (κ1) is 20.3. The van der Waals surface area contributed by atoms with Gasteiger partial charge in [0.2, 0.25) is 0 Å². The Labute approximate surface area is 148 Å². The lowest BCUT2D eigenvalue weighted by Crippen LogP contribution is -2.47. The van der Waals surface area contributed by atoms with Crippen molar-refractivity contribution in [2.24, 2.45) is 5.41 Å². The molecule has 130 valence electrons. The van der Waals surface area contributed by atoms with E-state index in [2.05, 4.69) is 26.6 Å². The SMILES string of the molecule is COCC1(CNC(=O)c2c(F)cc(Br)cc2F)CCNCC1.Cl. The molecule has 1 aliphatic rings. The van der Waals surface area contributed by atoms with Gasteiger partial charge in [-0.3, -0.25) is 4.79 Å². The van der Waals surface area contributed by atoms with Crippen LogP contribution >= 0.6 is 28.3 Å². The zero-order chi connectivity index (χ0) is 16.2. The highest BCUT2D eigenvalue weighted by Crippen LogP contribution is 2.28. The molecule has 2 rings (SSSR count). The molecule has 8 heteroatoms. The molecule has 0 radical (unpaired) electrons. The van der Waals surface area contributed by atoms with Crippen molar-refractivity contribution in [2.75, 3.05) is 33.4 Å². The maximum absolute atomic E-state index is 13.8. The van der Waals surface area contributed by atoms with Gasteiger partial charge in [-0.15, -0.1) is 12.4 Å². The van der Waals surface area contributed by atoms with Crippen LogP contribution in [-0.2, 0) is 4.74 Å². The number of piperidine rings is 1. The van der Waals surface area contributed by atoms with Crippen LogP contribution < -0.4 is 10.6 Å². The van der Waals surface area contributed by atoms with Crippen LogP contribution in [0.1, 0.15) is 23.2 Å². The lowest BCUT2D eigenvalue weighted by atomic mass is 9.79. The lowest BCUT2D eigenvalue weighted by Gasteiger charge is -2.37. The van der Waals surface area contributed by atoms with Crippen LogP contribution in [0.5, 0.6) is 0 Å². The Hall–Kier alpha value is -0.760. The first-order valence-corrected chi connectivity index (χ1v) is 7.89. The van der Waals surface area contributed by atoms with Crippen LogP contribution in [-0.4, -0.2) is 39.3 Å². The molecule has 4 nitrogen and oxygen atoms in total. The maximum Gasteiger partial charge on any atom is 0.257 e. The van der Waals surface area contributed by atoms with Gasteiger partial charge in [0.1, 0.15) is 17.2 Å². The van der Waals surface area contributed by atoms with Gasteiger partial charge in [-0.05, 0) is 38.1 Å². The first-order chi connectivity index (χ1) is 10.5. The Morgan fingerprint density at radius 2 is 1.91 bits per heavy atom. The Bertz CT molecular complexity index is 526. The van der Waals surface area contributed by atoms with E-state index in [0.717, 1.165) is 38.1 Å². The molecule has 23 heavy (non-hydrogen) atoms. The van der Waals surface area contributed by atoms with Gasteiger partial charge in [-0.1, -0.05) is 15.9 Å². The highest BCUT2D eigenvalue weighted by Gasteiger charge is 2.33. The van der Waals surface area contributed by atoms with E-state index in [4.69, 9.17) is 4.74 Å². The van der Waals surface area contributed by atoms with Crippen molar-refractivity contribution in [1.29, 1.82) is 0 Å². The summed E-state index contributed by atoms with van der Waals surface area (Å²) in [6, 6.07) is 2.15. The van der Waals surface area contributed by atoms with Gasteiger partial charge in [-0.25, -0.2) is 8.78 Å². The molecule has 1 fully saturated rings. The molecular formula is C15H20BrClF2N2O2. The van der Waals surface area contributed by atoms with Crippen LogP contribution in [0.4, 0.5) is 8.78 Å². The minimum absolute atomic E-state index is 0. The first-order valence-electron chi connectivity index (χ1n) is 7.10. The number of ether oxygens (including phenoxy) is 1. The van der Waals surface area contributed by atoms with Crippen LogP contribution in [0, 0.1) is 17.0 Å². The predicted octanol–water partition coefficient (Wildman–Crippen LogP) is 2.90. The molecular weight excluding hydrogens is 394 g/mol. The Morgan fingerprint density at radius 1 is 1.35 bits per heavy atom. The van der Waals surface area contributed by atoms with Crippen molar-refractivity contribution in [3.05, 3.63) is 33.8 Å². The minimum Gasteiger partial charge on any atom is -0.384 e. The van der Waals surface area contributed by atoms with Gasteiger partial charge >= 0.3 is 0 Å². The van der Waals surface area contributed by atoms with E-state index in [1.165, 1.54) is 0 Å². The fraction of sp³-hybridized carbons (Fsp3) is 0.533. The van der Waals surface area contributed by atoms with Crippen LogP contribution in [0.3, 0.4) is 0 Å². The van der Waals surface area contributed by atoms with Gasteiger partial charge in [0.15, 0.2) is 0 Å². The van der Waals surface area contributed by atoms with E-state index in [1.54, 1.807) is 7.11 Å². The van der Waals surface area contributed by atoms with Crippen LogP contribution in [0.25, 0.3) is 0 Å². The second kappa shape index (κ2) is 8.92. The Kier molecular flexibility index (Phi) is 7.86. The molecule has 0 unspecified atom stereocenters. The zero-order valence-corrected chi connectivity index (χ0v) is 15.2. The monoisotopic (exact) mass is 412 g/mol. The molecule has 1 aromatic rings. The number of halogens is 4. The van der Waals surface area contributed by atoms with Gasteiger partial charge in [0.25, 0.3) is 5.91 Å². The van der Waals surface area contributed by atoms with E-state index in [0.29, 0.717) is 13.2 Å². The third kappa shape index (κ3) is 5.11. The summed E-state index contributed by atoms with van der Waals surface area (Å²) in [6.45, 7) is 2.50. The summed E-state index contributed by atoms with van der Waals surface area (Å²) in [4.78, 5) is 12.1. The average Bonchev–Trinajstić information content (AvgIpc) is 2.45. The number of carbonyl (C=O) groups excluding carboxylic acids is 1. The van der Waals surface area contributed by atoms with Crippen molar-refractivity contribution in [2.45, 2.75) is 12.8 Å². The average molecular weight is 414 g/mol. The molecule has 0 saturated carbocycles. The Balaban J connectivity index is 0.00000264. The van der Waals surface area contributed by atoms with E-state index >= 15 is 0 Å². The van der Waals surface area contributed by atoms with E-state index in [1.807, 2.05) is 0 Å². The molecule has 1 aliphatic heterocycles. The van der Waals surface area contributed by atoms with Crippen molar-refractivity contribution in [3.8, 4) is 0 Å². The molecule has 0 bridgehead atoms. The van der Waals surface area contributed by atoms with E-state index in [9.17, 15) is 13.6 Å². The predicted molar refractivity (Wildman–Crippen MR) is 90.1 cm³/mol. The standard InChI is InChI=1S/C15H19BrF2N2O2.ClH/c1-22-9-15(2-4-19-5-3-15)8-20-14(21)13-11(17)6-10(16)7-12(13)18;/h6-7,19H,2-5,8-9H2,1H3,(H,20,21);1H. The number of nitrogens with one attached hydrogen (secondary N) is 2. The molecule has 1 heterocycles. The highest BCUT2D eigenvalue weighted by molar-refractivity contribution is 9.10. The molecule has 1 aromatic carbocycles. The van der Waals surface area contributed by atoms with Crippen molar-refractivity contribution >= 4 is 34.2 Å². The van der Waals surface area contributed by atoms with Gasteiger partial charge in [-0.2, -0.15) is 0 Å². The molecule has 0 aromatic heterocycles. The molecule has 0 atom stereocenters. The number of benzene rings is 1. The number of methoxy groups -OCH3 is 1. The second-order valence-electron chi connectivity index (χ2n) is 5.61. The lowest BCUT2D eigenvalue weighted by molar-refractivity contribution is 0.0510. The summed E-state index contributed by atoms with van der Waals surface area (Å²) in [7, 11) is 1.61. The van der Waals surface area contributed by atoms with Crippen molar-refractivity contribution in [1.82, 2.24) is 10.6 Å². The van der Waals surface area contributed by atoms with Crippen molar-refractivity contribution in [3.63, 3.8) is 0 Å². The number of amides is 1. The van der Waals surface area contributed by atoms with E-state index in [-0.39, 0.29) is 22.3 Å². The van der Waals surface area contributed by atoms with Gasteiger partial charge < -0.3 is 15.4 Å². The smallest absolute Gasteiger partial charge is 0.257 e. The normalized spacial score (nSPS) is 16.5. The number of hydrogen-bond acceptors (Lipinski definition) is 3. The van der Waals surface area contributed by atoms with Gasteiger partial charge in [0, 0.05) is 23.5 Å². The largest absolute Gasteiger partial charge is 0.384 e.